The lowest BCUT2D eigenvalue weighted by atomic mass is 10.1. The first-order valence-corrected chi connectivity index (χ1v) is 6.87. The van der Waals surface area contributed by atoms with E-state index in [1.165, 1.54) is 24.2 Å². The van der Waals surface area contributed by atoms with Gasteiger partial charge in [-0.25, -0.2) is 4.98 Å². The number of hydrogen-bond donors (Lipinski definition) is 2. The summed E-state index contributed by atoms with van der Waals surface area (Å²) < 4.78 is 0. The Bertz CT molecular complexity index is 464. The Morgan fingerprint density at radius 3 is 2.72 bits per heavy atom. The Balaban J connectivity index is 2.08. The predicted molar refractivity (Wildman–Crippen MR) is 68.0 cm³/mol. The minimum absolute atomic E-state index is 0.336. The maximum Gasteiger partial charge on any atom is 0.322 e. The molecule has 0 radical (unpaired) electrons. The lowest BCUT2D eigenvalue weighted by Gasteiger charge is -2.02. The van der Waals surface area contributed by atoms with Gasteiger partial charge in [0.05, 0.1) is 10.7 Å². The SMILES string of the molecule is Cc1nc(C2CCCC2)sc1C(=O)NCC(=O)O. The Labute approximate surface area is 109 Å². The fourth-order valence-corrected chi connectivity index (χ4v) is 3.36. The zero-order chi connectivity index (χ0) is 13.1. The maximum atomic E-state index is 11.8. The smallest absolute Gasteiger partial charge is 0.322 e. The molecule has 1 fully saturated rings. The molecule has 2 rings (SSSR count). The van der Waals surface area contributed by atoms with Gasteiger partial charge < -0.3 is 10.4 Å². The molecule has 0 spiro atoms. The van der Waals surface area contributed by atoms with Gasteiger partial charge in [0.15, 0.2) is 0 Å². The first-order chi connectivity index (χ1) is 8.58. The van der Waals surface area contributed by atoms with Gasteiger partial charge in [0.25, 0.3) is 5.91 Å². The Morgan fingerprint density at radius 1 is 1.44 bits per heavy atom. The molecular formula is C12H16N2O3S. The van der Waals surface area contributed by atoms with E-state index in [2.05, 4.69) is 10.3 Å². The number of carboxylic acids is 1. The highest BCUT2D eigenvalue weighted by Gasteiger charge is 2.23. The molecule has 0 atom stereocenters. The summed E-state index contributed by atoms with van der Waals surface area (Å²) in [6.07, 6.45) is 4.74. The van der Waals surface area contributed by atoms with Crippen LogP contribution in [0.3, 0.4) is 0 Å². The second-order valence-electron chi connectivity index (χ2n) is 4.52. The molecule has 1 saturated carbocycles. The molecule has 0 saturated heterocycles. The van der Waals surface area contributed by atoms with Crippen LogP contribution >= 0.6 is 11.3 Å². The van der Waals surface area contributed by atoms with E-state index in [-0.39, 0.29) is 12.5 Å². The highest BCUT2D eigenvalue weighted by atomic mass is 32.1. The molecular weight excluding hydrogens is 252 g/mol. The van der Waals surface area contributed by atoms with E-state index in [4.69, 9.17) is 5.11 Å². The van der Waals surface area contributed by atoms with Gasteiger partial charge in [-0.1, -0.05) is 12.8 Å². The summed E-state index contributed by atoms with van der Waals surface area (Å²) in [5.41, 5.74) is 0.699. The minimum Gasteiger partial charge on any atom is -0.480 e. The van der Waals surface area contributed by atoms with Crippen molar-refractivity contribution in [2.24, 2.45) is 0 Å². The number of nitrogens with zero attached hydrogens (tertiary/aromatic N) is 1. The van der Waals surface area contributed by atoms with E-state index in [9.17, 15) is 9.59 Å². The van der Waals surface area contributed by atoms with Crippen molar-refractivity contribution in [3.8, 4) is 0 Å². The number of aliphatic carboxylic acids is 1. The van der Waals surface area contributed by atoms with Crippen molar-refractivity contribution >= 4 is 23.2 Å². The lowest BCUT2D eigenvalue weighted by Crippen LogP contribution is -2.29. The van der Waals surface area contributed by atoms with Crippen molar-refractivity contribution in [3.05, 3.63) is 15.6 Å². The molecule has 0 bridgehead atoms. The number of hydrogen-bond acceptors (Lipinski definition) is 4. The topological polar surface area (TPSA) is 79.3 Å². The summed E-state index contributed by atoms with van der Waals surface area (Å²) in [7, 11) is 0. The Kier molecular flexibility index (Phi) is 3.96. The van der Waals surface area contributed by atoms with Crippen LogP contribution in [0, 0.1) is 6.92 Å². The third kappa shape index (κ3) is 2.87. The molecule has 0 unspecified atom stereocenters. The molecule has 2 N–H and O–H groups in total. The maximum absolute atomic E-state index is 11.8. The van der Waals surface area contributed by atoms with Gasteiger partial charge in [0.1, 0.15) is 11.4 Å². The van der Waals surface area contributed by atoms with E-state index in [0.29, 0.717) is 16.5 Å². The monoisotopic (exact) mass is 268 g/mol. The van der Waals surface area contributed by atoms with Crippen LogP contribution in [0.25, 0.3) is 0 Å². The number of aromatic nitrogens is 1. The number of aryl methyl sites for hydroxylation is 1. The van der Waals surface area contributed by atoms with Crippen LogP contribution in [0.15, 0.2) is 0 Å². The van der Waals surface area contributed by atoms with Crippen LogP contribution in [0.1, 0.15) is 52.0 Å². The van der Waals surface area contributed by atoms with E-state index < -0.39 is 5.97 Å². The molecule has 1 aliphatic rings. The number of carbonyl (C=O) groups excluding carboxylic acids is 1. The number of thiazole rings is 1. The van der Waals surface area contributed by atoms with Crippen LogP contribution in [0.5, 0.6) is 0 Å². The van der Waals surface area contributed by atoms with Crippen molar-refractivity contribution in [2.75, 3.05) is 6.54 Å². The van der Waals surface area contributed by atoms with Gasteiger partial charge >= 0.3 is 5.97 Å². The van der Waals surface area contributed by atoms with Gasteiger partial charge in [-0.3, -0.25) is 9.59 Å². The molecule has 1 amide bonds. The summed E-state index contributed by atoms with van der Waals surface area (Å²) in [4.78, 5) is 27.2. The van der Waals surface area contributed by atoms with E-state index in [1.54, 1.807) is 6.92 Å². The first kappa shape index (κ1) is 13.0. The molecule has 6 heteroatoms. The van der Waals surface area contributed by atoms with E-state index >= 15 is 0 Å². The first-order valence-electron chi connectivity index (χ1n) is 6.05. The van der Waals surface area contributed by atoms with Crippen LogP contribution in [-0.4, -0.2) is 28.5 Å². The normalized spacial score (nSPS) is 15.8. The summed E-state index contributed by atoms with van der Waals surface area (Å²) >= 11 is 1.40. The molecule has 18 heavy (non-hydrogen) atoms. The van der Waals surface area contributed by atoms with E-state index in [0.717, 1.165) is 17.8 Å². The summed E-state index contributed by atoms with van der Waals surface area (Å²) in [5.74, 6) is -0.895. The number of amides is 1. The summed E-state index contributed by atoms with van der Waals surface area (Å²) in [5, 5.41) is 11.9. The number of nitrogens with one attached hydrogen (secondary N) is 1. The van der Waals surface area contributed by atoms with Crippen molar-refractivity contribution < 1.29 is 14.7 Å². The molecule has 1 aromatic heterocycles. The Hall–Kier alpha value is -1.43. The van der Waals surface area contributed by atoms with Gasteiger partial charge in [-0.2, -0.15) is 0 Å². The highest BCUT2D eigenvalue weighted by Crippen LogP contribution is 2.36. The fourth-order valence-electron chi connectivity index (χ4n) is 2.21. The number of carbonyl (C=O) groups is 2. The van der Waals surface area contributed by atoms with E-state index in [1.807, 2.05) is 0 Å². The average molecular weight is 268 g/mol. The van der Waals surface area contributed by atoms with Gasteiger partial charge in [0.2, 0.25) is 0 Å². The number of rotatable bonds is 4. The molecule has 98 valence electrons. The molecule has 5 nitrogen and oxygen atoms in total. The second kappa shape index (κ2) is 5.48. The zero-order valence-corrected chi connectivity index (χ0v) is 11.0. The summed E-state index contributed by atoms with van der Waals surface area (Å²) in [6.45, 7) is 1.44. The van der Waals surface area contributed by atoms with Gasteiger partial charge in [-0.05, 0) is 19.8 Å². The molecule has 1 heterocycles. The average Bonchev–Trinajstić information content (AvgIpc) is 2.94. The molecule has 0 aliphatic heterocycles. The summed E-state index contributed by atoms with van der Waals surface area (Å²) in [6, 6.07) is 0. The number of carboxylic acid groups (broad SMARTS) is 1. The predicted octanol–water partition coefficient (Wildman–Crippen LogP) is 1.92. The Morgan fingerprint density at radius 2 is 2.11 bits per heavy atom. The molecule has 0 aromatic carbocycles. The molecule has 1 aromatic rings. The molecule has 1 aliphatic carbocycles. The quantitative estimate of drug-likeness (QED) is 0.874. The zero-order valence-electron chi connectivity index (χ0n) is 10.2. The standard InChI is InChI=1S/C12H16N2O3S/c1-7-10(11(17)13-6-9(15)16)18-12(14-7)8-4-2-3-5-8/h8H,2-6H2,1H3,(H,13,17)(H,15,16). The van der Waals surface area contributed by atoms with Crippen LogP contribution < -0.4 is 5.32 Å². The fraction of sp³-hybridized carbons (Fsp3) is 0.583. The third-order valence-corrected chi connectivity index (χ3v) is 4.44. The van der Waals surface area contributed by atoms with Crippen LogP contribution in [0.4, 0.5) is 0 Å². The lowest BCUT2D eigenvalue weighted by molar-refractivity contribution is -0.135. The van der Waals surface area contributed by atoms with Gasteiger partial charge in [-0.15, -0.1) is 11.3 Å². The highest BCUT2D eigenvalue weighted by molar-refractivity contribution is 7.13. The van der Waals surface area contributed by atoms with Crippen molar-refractivity contribution in [1.82, 2.24) is 10.3 Å². The van der Waals surface area contributed by atoms with Crippen molar-refractivity contribution in [3.63, 3.8) is 0 Å². The largest absolute Gasteiger partial charge is 0.480 e. The van der Waals surface area contributed by atoms with Crippen molar-refractivity contribution in [1.29, 1.82) is 0 Å². The second-order valence-corrected chi connectivity index (χ2v) is 5.56. The van der Waals surface area contributed by atoms with Crippen LogP contribution in [0.2, 0.25) is 0 Å². The third-order valence-electron chi connectivity index (χ3n) is 3.12. The van der Waals surface area contributed by atoms with Gasteiger partial charge in [0, 0.05) is 5.92 Å². The minimum atomic E-state index is -1.04. The van der Waals surface area contributed by atoms with Crippen molar-refractivity contribution in [2.45, 2.75) is 38.5 Å². The van der Waals surface area contributed by atoms with Crippen LogP contribution in [-0.2, 0) is 4.79 Å².